The van der Waals surface area contributed by atoms with Gasteiger partial charge in [0, 0.05) is 19.4 Å². The van der Waals surface area contributed by atoms with Crippen LogP contribution in [0.3, 0.4) is 0 Å². The number of hydrogen-bond acceptors (Lipinski definition) is 5. The summed E-state index contributed by atoms with van der Waals surface area (Å²) in [5, 5.41) is 0. The molecule has 0 fully saturated rings. The van der Waals surface area contributed by atoms with Crippen molar-refractivity contribution < 1.29 is 8.42 Å². The molecule has 6 nitrogen and oxygen atoms in total. The van der Waals surface area contributed by atoms with E-state index in [-0.39, 0.29) is 0 Å². The Morgan fingerprint density at radius 3 is 2.43 bits per heavy atom. The minimum Gasteiger partial charge on any atom is -0.218 e. The van der Waals surface area contributed by atoms with Gasteiger partial charge < -0.3 is 0 Å². The summed E-state index contributed by atoms with van der Waals surface area (Å²) < 4.78 is 24.5. The second kappa shape index (κ2) is 7.61. The van der Waals surface area contributed by atoms with Crippen molar-refractivity contribution in [1.82, 2.24) is 19.7 Å². The summed E-state index contributed by atoms with van der Waals surface area (Å²) in [5.74, 6) is 2.14. The van der Waals surface area contributed by atoms with Crippen molar-refractivity contribution in [2.24, 2.45) is 0 Å². The molecule has 0 saturated carbocycles. The Hall–Kier alpha value is -1.86. The molecule has 0 atom stereocenters. The van der Waals surface area contributed by atoms with Crippen LogP contribution < -0.4 is 4.72 Å². The molecule has 1 aromatic heterocycles. The second-order valence-corrected chi connectivity index (χ2v) is 7.42. The zero-order chi connectivity index (χ0) is 16.9. The number of aryl methyl sites for hydroxylation is 3. The minimum atomic E-state index is -3.14. The van der Waals surface area contributed by atoms with E-state index in [1.807, 2.05) is 19.1 Å². The lowest BCUT2D eigenvalue weighted by Crippen LogP contribution is -2.23. The molecule has 2 rings (SSSR count). The van der Waals surface area contributed by atoms with Gasteiger partial charge in [-0.05, 0) is 31.4 Å². The monoisotopic (exact) mass is 334 g/mol. The van der Waals surface area contributed by atoms with Crippen LogP contribution in [0.5, 0.6) is 0 Å². The van der Waals surface area contributed by atoms with Gasteiger partial charge in [-0.1, -0.05) is 24.3 Å². The Balaban J connectivity index is 2.03. The van der Waals surface area contributed by atoms with Crippen molar-refractivity contribution in [3.8, 4) is 0 Å². The first-order valence-electron chi connectivity index (χ1n) is 7.53. The van der Waals surface area contributed by atoms with Gasteiger partial charge in [-0.2, -0.15) is 0 Å². The van der Waals surface area contributed by atoms with Gasteiger partial charge in [0.15, 0.2) is 0 Å². The molecule has 2 aromatic rings. The Kier molecular flexibility index (Phi) is 5.79. The standard InChI is InChI=1S/C16H22N4O2S/c1-12-7-4-5-8-14(12)11-16-19-13(2)18-15(20-16)9-6-10-17-23(3,21)22/h4-5,7-8,17H,6,9-11H2,1-3H3. The highest BCUT2D eigenvalue weighted by atomic mass is 32.2. The number of sulfonamides is 1. The third kappa shape index (κ3) is 6.03. The molecular formula is C16H22N4O2S. The first-order chi connectivity index (χ1) is 10.8. The summed E-state index contributed by atoms with van der Waals surface area (Å²) in [6.07, 6.45) is 3.10. The van der Waals surface area contributed by atoms with Crippen LogP contribution in [0, 0.1) is 13.8 Å². The Morgan fingerprint density at radius 1 is 1.04 bits per heavy atom. The molecule has 0 amide bonds. The topological polar surface area (TPSA) is 84.8 Å². The molecule has 1 heterocycles. The van der Waals surface area contributed by atoms with E-state index in [1.54, 1.807) is 0 Å². The summed E-state index contributed by atoms with van der Waals surface area (Å²) in [7, 11) is -3.14. The van der Waals surface area contributed by atoms with Gasteiger partial charge in [-0.25, -0.2) is 28.1 Å². The maximum atomic E-state index is 11.0. The van der Waals surface area contributed by atoms with Gasteiger partial charge in [0.1, 0.15) is 17.5 Å². The molecule has 0 radical (unpaired) electrons. The lowest BCUT2D eigenvalue weighted by molar-refractivity contribution is 0.584. The molecule has 7 heteroatoms. The van der Waals surface area contributed by atoms with Gasteiger partial charge in [-0.3, -0.25) is 0 Å². The lowest BCUT2D eigenvalue weighted by Gasteiger charge is -2.07. The van der Waals surface area contributed by atoms with E-state index in [4.69, 9.17) is 0 Å². The molecule has 0 saturated heterocycles. The van der Waals surface area contributed by atoms with E-state index in [2.05, 4.69) is 38.7 Å². The normalized spacial score (nSPS) is 11.6. The molecule has 0 aliphatic carbocycles. The third-order valence-electron chi connectivity index (χ3n) is 3.39. The van der Waals surface area contributed by atoms with Crippen LogP contribution >= 0.6 is 0 Å². The van der Waals surface area contributed by atoms with Crippen molar-refractivity contribution >= 4 is 10.0 Å². The second-order valence-electron chi connectivity index (χ2n) is 5.59. The van der Waals surface area contributed by atoms with Crippen LogP contribution in [0.4, 0.5) is 0 Å². The van der Waals surface area contributed by atoms with Crippen LogP contribution in [0.25, 0.3) is 0 Å². The summed E-state index contributed by atoms with van der Waals surface area (Å²) >= 11 is 0. The zero-order valence-electron chi connectivity index (χ0n) is 13.7. The van der Waals surface area contributed by atoms with Crippen LogP contribution in [0.15, 0.2) is 24.3 Å². The Morgan fingerprint density at radius 2 is 1.74 bits per heavy atom. The first kappa shape index (κ1) is 17.5. The average molecular weight is 334 g/mol. The highest BCUT2D eigenvalue weighted by Crippen LogP contribution is 2.11. The molecule has 0 unspecified atom stereocenters. The molecular weight excluding hydrogens is 312 g/mol. The molecule has 23 heavy (non-hydrogen) atoms. The van der Waals surface area contributed by atoms with Crippen LogP contribution in [0.1, 0.15) is 35.0 Å². The summed E-state index contributed by atoms with van der Waals surface area (Å²) in [6, 6.07) is 8.16. The summed E-state index contributed by atoms with van der Waals surface area (Å²) in [4.78, 5) is 13.2. The zero-order valence-corrected chi connectivity index (χ0v) is 14.5. The highest BCUT2D eigenvalue weighted by molar-refractivity contribution is 7.88. The Labute approximate surface area is 137 Å². The van der Waals surface area contributed by atoms with Gasteiger partial charge in [0.05, 0.1) is 6.26 Å². The van der Waals surface area contributed by atoms with Gasteiger partial charge >= 0.3 is 0 Å². The smallest absolute Gasteiger partial charge is 0.208 e. The van der Waals surface area contributed by atoms with E-state index in [0.29, 0.717) is 37.5 Å². The molecule has 0 spiro atoms. The molecule has 1 N–H and O–H groups in total. The van der Waals surface area contributed by atoms with E-state index < -0.39 is 10.0 Å². The van der Waals surface area contributed by atoms with Crippen LogP contribution in [-0.4, -0.2) is 36.2 Å². The lowest BCUT2D eigenvalue weighted by atomic mass is 10.1. The maximum absolute atomic E-state index is 11.0. The molecule has 0 bridgehead atoms. The highest BCUT2D eigenvalue weighted by Gasteiger charge is 2.07. The molecule has 0 aliphatic rings. The van der Waals surface area contributed by atoms with Crippen LogP contribution in [-0.2, 0) is 22.9 Å². The average Bonchev–Trinajstić information content (AvgIpc) is 2.45. The van der Waals surface area contributed by atoms with E-state index in [9.17, 15) is 8.42 Å². The van der Waals surface area contributed by atoms with Gasteiger partial charge in [-0.15, -0.1) is 0 Å². The molecule has 0 aliphatic heterocycles. The maximum Gasteiger partial charge on any atom is 0.208 e. The summed E-state index contributed by atoms with van der Waals surface area (Å²) in [5.41, 5.74) is 2.41. The van der Waals surface area contributed by atoms with Crippen molar-refractivity contribution in [2.75, 3.05) is 12.8 Å². The number of nitrogens with one attached hydrogen (secondary N) is 1. The fraction of sp³-hybridized carbons (Fsp3) is 0.438. The predicted molar refractivity (Wildman–Crippen MR) is 89.7 cm³/mol. The van der Waals surface area contributed by atoms with E-state index in [0.717, 1.165) is 12.1 Å². The van der Waals surface area contributed by atoms with Crippen molar-refractivity contribution in [3.63, 3.8) is 0 Å². The summed E-state index contributed by atoms with van der Waals surface area (Å²) in [6.45, 7) is 4.30. The fourth-order valence-electron chi connectivity index (χ4n) is 2.27. The minimum absolute atomic E-state index is 0.386. The van der Waals surface area contributed by atoms with Gasteiger partial charge in [0.25, 0.3) is 0 Å². The number of rotatable bonds is 7. The Bertz CT molecular complexity index is 775. The number of benzene rings is 1. The van der Waals surface area contributed by atoms with E-state index in [1.165, 1.54) is 11.1 Å². The number of aromatic nitrogens is 3. The quantitative estimate of drug-likeness (QED) is 0.777. The number of nitrogens with zero attached hydrogens (tertiary/aromatic N) is 3. The predicted octanol–water partition coefficient (Wildman–Crippen LogP) is 1.56. The largest absolute Gasteiger partial charge is 0.218 e. The van der Waals surface area contributed by atoms with Crippen molar-refractivity contribution in [1.29, 1.82) is 0 Å². The first-order valence-corrected chi connectivity index (χ1v) is 9.42. The molecule has 1 aromatic carbocycles. The van der Waals surface area contributed by atoms with Crippen molar-refractivity contribution in [3.05, 3.63) is 52.9 Å². The van der Waals surface area contributed by atoms with Gasteiger partial charge in [0.2, 0.25) is 10.0 Å². The van der Waals surface area contributed by atoms with Crippen LogP contribution in [0.2, 0.25) is 0 Å². The van der Waals surface area contributed by atoms with Crippen molar-refractivity contribution in [2.45, 2.75) is 33.1 Å². The fourth-order valence-corrected chi connectivity index (χ4v) is 2.79. The third-order valence-corrected chi connectivity index (χ3v) is 4.12. The number of hydrogen-bond donors (Lipinski definition) is 1. The SMILES string of the molecule is Cc1nc(CCCNS(C)(=O)=O)nc(Cc2ccccc2C)n1. The molecule has 124 valence electrons. The van der Waals surface area contributed by atoms with E-state index >= 15 is 0 Å².